The maximum atomic E-state index is 15.2. The number of alkyl halides is 4. The topological polar surface area (TPSA) is 200 Å². The lowest BCUT2D eigenvalue weighted by Crippen LogP contribution is -2.66. The van der Waals surface area contributed by atoms with E-state index in [2.05, 4.69) is 20.9 Å². The number of benzene rings is 1. The predicted octanol–water partition coefficient (Wildman–Crippen LogP) is 4.94. The molecular weight excluding hydrogens is 1000 g/mol. The van der Waals surface area contributed by atoms with Gasteiger partial charge < -0.3 is 45.0 Å². The molecule has 0 radical (unpaired) electrons. The van der Waals surface area contributed by atoms with Crippen molar-refractivity contribution < 1.29 is 60.6 Å². The van der Waals surface area contributed by atoms with E-state index in [4.69, 9.17) is 21.1 Å². The Morgan fingerprint density at radius 3 is 2.30 bits per heavy atom. The monoisotopic (exact) mass is 1070 g/mol. The van der Waals surface area contributed by atoms with Gasteiger partial charge in [-0.05, 0) is 92.4 Å². The van der Waals surface area contributed by atoms with E-state index < -0.39 is 127 Å². The van der Waals surface area contributed by atoms with E-state index in [1.807, 2.05) is 13.8 Å². The summed E-state index contributed by atoms with van der Waals surface area (Å²) in [6, 6.07) is -2.92. The molecule has 3 heterocycles. The van der Waals surface area contributed by atoms with E-state index >= 15 is 4.39 Å². The van der Waals surface area contributed by atoms with Gasteiger partial charge in [-0.1, -0.05) is 37.9 Å². The molecule has 73 heavy (non-hydrogen) atoms. The normalized spacial score (nSPS) is 25.5. The summed E-state index contributed by atoms with van der Waals surface area (Å²) >= 11 is 7.87. The van der Waals surface area contributed by atoms with Gasteiger partial charge in [0, 0.05) is 72.6 Å². The first-order valence-corrected chi connectivity index (χ1v) is 26.1. The summed E-state index contributed by atoms with van der Waals surface area (Å²) < 4.78 is 70.0. The second-order valence-electron chi connectivity index (χ2n) is 20.7. The van der Waals surface area contributed by atoms with Gasteiger partial charge in [0.15, 0.2) is 0 Å². The number of thiazole rings is 1. The van der Waals surface area contributed by atoms with Crippen LogP contribution in [0.15, 0.2) is 29.9 Å². The van der Waals surface area contributed by atoms with E-state index in [9.17, 15) is 46.7 Å². The summed E-state index contributed by atoms with van der Waals surface area (Å²) in [5.74, 6) is -5.93. The number of hydrogen-bond donors (Lipinski definition) is 3. The van der Waals surface area contributed by atoms with Crippen molar-refractivity contribution >= 4 is 64.3 Å². The molecule has 6 rings (SSSR count). The van der Waals surface area contributed by atoms with Gasteiger partial charge in [-0.25, -0.2) is 4.39 Å². The van der Waals surface area contributed by atoms with Gasteiger partial charge in [-0.2, -0.15) is 13.2 Å². The third-order valence-electron chi connectivity index (χ3n) is 15.0. The Balaban J connectivity index is 1.29. The molecule has 4 fully saturated rings. The zero-order valence-electron chi connectivity index (χ0n) is 42.5. The maximum absolute atomic E-state index is 15.2. The molecule has 1 spiro atoms. The molecule has 2 aliphatic carbocycles. The average Bonchev–Trinajstić information content (AvgIpc) is 3.99. The van der Waals surface area contributed by atoms with Gasteiger partial charge in [0.2, 0.25) is 41.4 Å². The molecule has 4 aliphatic rings. The van der Waals surface area contributed by atoms with Crippen LogP contribution in [0.5, 0.6) is 0 Å². The van der Waals surface area contributed by atoms with E-state index in [1.54, 1.807) is 37.0 Å². The van der Waals surface area contributed by atoms with E-state index in [0.717, 1.165) is 16.2 Å². The summed E-state index contributed by atoms with van der Waals surface area (Å²) in [5, 5.41) is 8.62. The standard InChI is InChI=1S/C50H69ClF4N8O9S/c1-29(2)19-35-46(69)62(5)38(21-30-20-31(51)12-13-33(30)40-23-56-28-73-40)42(65)59-36(25-72-7)44(67)60(3)17-9-8-11-37(41(64)58-35)61(4)45(68)34(14-18-71-6)57-43(66)39-22-32(52)24-63(39)47(70)49(50(53,54)55)26-48(27-49)15-10-16-48/h12-13,20,23,28-29,32,34-39H,8-11,14-19,21-22,24-27H2,1-7H3,(H,57,66)(H,58,64)(H,59,65)/t32-,34+,35+,36-,37+,38+,39+/m1/s1. The van der Waals surface area contributed by atoms with Crippen LogP contribution in [0.3, 0.4) is 0 Å². The highest BCUT2D eigenvalue weighted by Crippen LogP contribution is 2.69. The van der Waals surface area contributed by atoms with Crippen molar-refractivity contribution in [3.63, 3.8) is 0 Å². The minimum Gasteiger partial charge on any atom is -0.385 e. The molecule has 7 atom stereocenters. The molecule has 2 saturated heterocycles. The number of aromatic nitrogens is 1. The molecule has 404 valence electrons. The van der Waals surface area contributed by atoms with Crippen molar-refractivity contribution in [2.45, 2.75) is 139 Å². The molecule has 0 bridgehead atoms. The Kier molecular flexibility index (Phi) is 19.0. The molecule has 1 aromatic carbocycles. The Labute approximate surface area is 432 Å². The molecule has 17 nitrogen and oxygen atoms in total. The first-order chi connectivity index (χ1) is 34.5. The fourth-order valence-electron chi connectivity index (χ4n) is 10.9. The zero-order chi connectivity index (χ0) is 53.6. The highest BCUT2D eigenvalue weighted by Gasteiger charge is 2.73. The second kappa shape index (κ2) is 24.2. The van der Waals surface area contributed by atoms with Crippen molar-refractivity contribution in [2.24, 2.45) is 16.7 Å². The van der Waals surface area contributed by atoms with E-state index in [1.165, 1.54) is 49.5 Å². The van der Waals surface area contributed by atoms with Crippen LogP contribution in [0.2, 0.25) is 5.02 Å². The van der Waals surface area contributed by atoms with Gasteiger partial charge >= 0.3 is 6.18 Å². The summed E-state index contributed by atoms with van der Waals surface area (Å²) in [7, 11) is 7.04. The van der Waals surface area contributed by atoms with Crippen molar-refractivity contribution in [3.05, 3.63) is 40.5 Å². The number of methoxy groups -OCH3 is 2. The number of likely N-dealkylation sites (N-methyl/N-ethyl adjacent to an activating group) is 3. The Morgan fingerprint density at radius 1 is 1.00 bits per heavy atom. The number of amides is 7. The van der Waals surface area contributed by atoms with Crippen LogP contribution in [0.4, 0.5) is 17.6 Å². The summed E-state index contributed by atoms with van der Waals surface area (Å²) in [5.41, 5.74) is -0.380. The molecule has 7 amide bonds. The number of carbonyl (C=O) groups is 7. The van der Waals surface area contributed by atoms with Crippen LogP contribution in [0.25, 0.3) is 10.4 Å². The number of rotatable bonds is 15. The predicted molar refractivity (Wildman–Crippen MR) is 264 cm³/mol. The van der Waals surface area contributed by atoms with Crippen LogP contribution >= 0.6 is 22.9 Å². The van der Waals surface area contributed by atoms with Crippen LogP contribution in [-0.4, -0.2) is 176 Å². The van der Waals surface area contributed by atoms with Gasteiger partial charge in [0.1, 0.15) is 47.8 Å². The summed E-state index contributed by atoms with van der Waals surface area (Å²) in [4.78, 5) is 110. The van der Waals surface area contributed by atoms with Crippen molar-refractivity contribution in [3.8, 4) is 10.4 Å². The number of hydrogen-bond acceptors (Lipinski definition) is 11. The highest BCUT2D eigenvalue weighted by molar-refractivity contribution is 7.13. The van der Waals surface area contributed by atoms with Crippen molar-refractivity contribution in [2.75, 3.05) is 61.7 Å². The number of likely N-dealkylation sites (tertiary alicyclic amines) is 1. The third kappa shape index (κ3) is 13.0. The number of ether oxygens (including phenoxy) is 2. The molecule has 0 unspecified atom stereocenters. The van der Waals surface area contributed by atoms with E-state index in [0.29, 0.717) is 40.3 Å². The minimum absolute atomic E-state index is 0.00487. The molecule has 3 N–H and O–H groups in total. The molecule has 1 aromatic heterocycles. The van der Waals surface area contributed by atoms with Crippen molar-refractivity contribution in [1.82, 2.24) is 40.5 Å². The number of nitrogens with one attached hydrogen (secondary N) is 3. The smallest absolute Gasteiger partial charge is 0.385 e. The lowest BCUT2D eigenvalue weighted by molar-refractivity contribution is -0.285. The van der Waals surface area contributed by atoms with Gasteiger partial charge in [-0.15, -0.1) is 11.3 Å². The second-order valence-corrected chi connectivity index (χ2v) is 22.0. The lowest BCUT2D eigenvalue weighted by atomic mass is 9.44. The molecular formula is C50H69ClF4N8O9S. The molecule has 2 aliphatic heterocycles. The zero-order valence-corrected chi connectivity index (χ0v) is 44.1. The molecule has 2 saturated carbocycles. The Morgan fingerprint density at radius 2 is 1.70 bits per heavy atom. The number of carbonyl (C=O) groups excluding carboxylic acids is 7. The maximum Gasteiger partial charge on any atom is 0.403 e. The van der Waals surface area contributed by atoms with Crippen LogP contribution in [0, 0.1) is 16.7 Å². The van der Waals surface area contributed by atoms with Gasteiger partial charge in [0.05, 0.1) is 23.5 Å². The van der Waals surface area contributed by atoms with Crippen LogP contribution < -0.4 is 16.0 Å². The average molecular weight is 1070 g/mol. The third-order valence-corrected chi connectivity index (χ3v) is 16.1. The van der Waals surface area contributed by atoms with Gasteiger partial charge in [-0.3, -0.25) is 38.5 Å². The Bertz CT molecular complexity index is 2320. The lowest BCUT2D eigenvalue weighted by Gasteiger charge is -2.60. The molecule has 2 aromatic rings. The fourth-order valence-corrected chi connectivity index (χ4v) is 11.8. The SMILES string of the molecule is COCC[C@H](NC(=O)[C@@H]1C[C@@H](F)CN1C(=O)C1(C(F)(F)F)CC2(CCC2)C1)C(=O)N(C)[C@H]1CCCCN(C)C(=O)[C@@H](COC)NC(=O)[C@H](Cc2cc(Cl)ccc2-c2cncs2)N(C)C(=O)[C@H](CC(C)C)NC1=O. The molecule has 23 heteroatoms. The first kappa shape index (κ1) is 57.4. The van der Waals surface area contributed by atoms with Gasteiger partial charge in [0.25, 0.3) is 0 Å². The number of halogens is 5. The van der Waals surface area contributed by atoms with Crippen LogP contribution in [0.1, 0.15) is 90.0 Å². The van der Waals surface area contributed by atoms with Crippen molar-refractivity contribution in [1.29, 1.82) is 0 Å². The first-order valence-electron chi connectivity index (χ1n) is 24.8. The largest absolute Gasteiger partial charge is 0.403 e. The van der Waals surface area contributed by atoms with E-state index in [-0.39, 0.29) is 57.8 Å². The minimum atomic E-state index is -4.93. The Hall–Kier alpha value is -4.93. The van der Waals surface area contributed by atoms with Crippen LogP contribution in [-0.2, 0) is 49.5 Å². The quantitative estimate of drug-likeness (QED) is 0.206. The highest BCUT2D eigenvalue weighted by atomic mass is 35.5. The summed E-state index contributed by atoms with van der Waals surface area (Å²) in [6.07, 6.45) is -4.22. The fraction of sp³-hybridized carbons (Fsp3) is 0.680. The number of nitrogens with zero attached hydrogens (tertiary/aromatic N) is 5. The summed E-state index contributed by atoms with van der Waals surface area (Å²) in [6.45, 7) is 2.83.